The third kappa shape index (κ3) is 11.6. The predicted molar refractivity (Wildman–Crippen MR) is 499 cm³/mol. The molecule has 6 heteroatoms. The van der Waals surface area contributed by atoms with Crippen molar-refractivity contribution >= 4 is 123 Å². The minimum absolute atomic E-state index is 0.0537. The fraction of sp³-hybridized carbons (Fsp3) is 0.182. The molecule has 18 aromatic rings. The molecule has 5 heterocycles. The quantitative estimate of drug-likeness (QED) is 0.134. The van der Waals surface area contributed by atoms with Crippen molar-refractivity contribution in [2.75, 3.05) is 9.80 Å². The van der Waals surface area contributed by atoms with Crippen LogP contribution in [0.15, 0.2) is 322 Å². The molecule has 116 heavy (non-hydrogen) atoms. The monoisotopic (exact) mass is 1500 g/mol. The molecule has 2 aliphatic heterocycles. The van der Waals surface area contributed by atoms with E-state index in [9.17, 15) is 0 Å². The summed E-state index contributed by atoms with van der Waals surface area (Å²) in [6.45, 7) is 34.8. The molecule has 0 radical (unpaired) electrons. The van der Waals surface area contributed by atoms with E-state index in [1.807, 2.05) is 0 Å². The molecule has 0 fully saturated rings. The number of benzene rings is 15. The number of fused-ring (bicyclic) bond motifs is 14. The third-order valence-electron chi connectivity index (χ3n) is 25.3. The Balaban J connectivity index is 0.956. The van der Waals surface area contributed by atoms with Gasteiger partial charge in [-0.2, -0.15) is 0 Å². The van der Waals surface area contributed by atoms with Crippen molar-refractivity contribution in [3.63, 3.8) is 0 Å². The molecule has 0 atom stereocenters. The van der Waals surface area contributed by atoms with Crippen LogP contribution in [-0.2, 0) is 27.1 Å². The molecule has 566 valence electrons. The van der Waals surface area contributed by atoms with E-state index in [0.717, 1.165) is 107 Å². The average Bonchev–Trinajstić information content (AvgIpc) is 1.16. The minimum atomic E-state index is -0.360. The Hall–Kier alpha value is -12.6. The highest BCUT2D eigenvalue weighted by Gasteiger charge is 2.47. The zero-order valence-corrected chi connectivity index (χ0v) is 69.4. The minimum Gasteiger partial charge on any atom is -0.310 e. The molecule has 0 bridgehead atoms. The summed E-state index contributed by atoms with van der Waals surface area (Å²) in [7, 11) is 0. The molecule has 0 N–H and O–H groups in total. The second-order valence-corrected chi connectivity index (χ2v) is 37.7. The number of anilines is 6. The lowest BCUT2D eigenvalue weighted by molar-refractivity contribution is 0.590. The molecular formula is C110H98BN5. The largest absolute Gasteiger partial charge is 0.310 e. The molecule has 0 unspecified atom stereocenters. The molecule has 15 aromatic carbocycles. The Morgan fingerprint density at radius 2 is 0.552 bits per heavy atom. The highest BCUT2D eigenvalue weighted by Crippen LogP contribution is 2.56. The first-order valence-electron chi connectivity index (χ1n) is 41.5. The number of rotatable bonds is 9. The van der Waals surface area contributed by atoms with E-state index >= 15 is 0 Å². The first-order valence-corrected chi connectivity index (χ1v) is 41.5. The van der Waals surface area contributed by atoms with Crippen LogP contribution < -0.4 is 26.2 Å². The van der Waals surface area contributed by atoms with Gasteiger partial charge < -0.3 is 23.5 Å². The van der Waals surface area contributed by atoms with Gasteiger partial charge >= 0.3 is 0 Å². The first-order chi connectivity index (χ1) is 55.7. The summed E-state index contributed by atoms with van der Waals surface area (Å²) in [5.74, 6) is 0. The van der Waals surface area contributed by atoms with Crippen molar-refractivity contribution < 1.29 is 0 Å². The summed E-state index contributed by atoms with van der Waals surface area (Å²) in [5, 5.41) is 7.31. The van der Waals surface area contributed by atoms with Gasteiger partial charge in [0.05, 0.1) is 44.5 Å². The Kier molecular flexibility index (Phi) is 16.5. The van der Waals surface area contributed by atoms with Gasteiger partial charge in [-0.1, -0.05) is 347 Å². The van der Waals surface area contributed by atoms with Gasteiger partial charge in [0.15, 0.2) is 0 Å². The van der Waals surface area contributed by atoms with E-state index in [1.54, 1.807) is 0 Å². The van der Waals surface area contributed by atoms with Crippen LogP contribution in [0, 0.1) is 0 Å². The fourth-order valence-electron chi connectivity index (χ4n) is 19.1. The van der Waals surface area contributed by atoms with Crippen LogP contribution in [0.1, 0.15) is 132 Å². The molecule has 0 saturated heterocycles. The van der Waals surface area contributed by atoms with Gasteiger partial charge in [-0.25, -0.2) is 0 Å². The first kappa shape index (κ1) is 72.3. The van der Waals surface area contributed by atoms with Crippen LogP contribution in [-0.4, -0.2) is 20.4 Å². The normalized spacial score (nSPS) is 13.2. The third-order valence-corrected chi connectivity index (χ3v) is 25.3. The second-order valence-electron chi connectivity index (χ2n) is 37.7. The molecule has 5 nitrogen and oxygen atoms in total. The zero-order chi connectivity index (χ0) is 79.8. The van der Waals surface area contributed by atoms with Crippen molar-refractivity contribution in [2.24, 2.45) is 0 Å². The smallest absolute Gasteiger partial charge is 0.252 e. The predicted octanol–water partition coefficient (Wildman–Crippen LogP) is 28.2. The number of hydrogen-bond acceptors (Lipinski definition) is 2. The molecular weight excluding hydrogens is 1400 g/mol. The van der Waals surface area contributed by atoms with E-state index in [0.29, 0.717) is 0 Å². The topological polar surface area (TPSA) is 21.3 Å². The molecule has 3 aromatic heterocycles. The van der Waals surface area contributed by atoms with Gasteiger partial charge in [-0.15, -0.1) is 0 Å². The average molecular weight is 1500 g/mol. The van der Waals surface area contributed by atoms with Crippen molar-refractivity contribution in [3.05, 3.63) is 349 Å². The Bertz CT molecular complexity index is 6790. The lowest BCUT2D eigenvalue weighted by Crippen LogP contribution is -2.61. The second kappa shape index (κ2) is 26.5. The number of para-hydroxylation sites is 7. The maximum Gasteiger partial charge on any atom is 0.252 e. The van der Waals surface area contributed by atoms with Gasteiger partial charge in [-0.3, -0.25) is 0 Å². The lowest BCUT2D eigenvalue weighted by atomic mass is 9.33. The molecule has 0 saturated carbocycles. The Morgan fingerprint density at radius 3 is 0.940 bits per heavy atom. The van der Waals surface area contributed by atoms with E-state index in [2.05, 4.69) is 449 Å². The van der Waals surface area contributed by atoms with Crippen LogP contribution in [0.4, 0.5) is 34.1 Å². The van der Waals surface area contributed by atoms with Crippen LogP contribution in [0.3, 0.4) is 0 Å². The van der Waals surface area contributed by atoms with E-state index < -0.39 is 0 Å². The van der Waals surface area contributed by atoms with E-state index in [1.165, 1.54) is 98.6 Å². The highest BCUT2D eigenvalue weighted by atomic mass is 15.2. The standard InChI is InChI=1S/C110H98BN5/c1-106(2,3)73-51-43-69(44-52-73)81-35-27-36-82(70-45-53-74(54-46-70)107(4,5)6)103(81)115-97-67-79(113-92-39-23-19-31-85(92)86-32-20-24-40-93(86)113)59-62-90(97)111-91-63-60-80(114-94-41-25-21-33-87(94)88-61-64-96-101(105(88)114)89-34-22-26-42-95(89)112(96)78-29-17-16-18-30-78)68-98(91)116(100-66-77(110(13,14)15)65-99(115)102(100)111)104-83(71-47-55-75(56-48-71)108(7,8)9)37-28-38-84(104)72-49-57-76(58-50-72)109(10,11)12/h16-68H,1-15H3. The van der Waals surface area contributed by atoms with Gasteiger partial charge in [-0.05, 0) is 172 Å². The maximum atomic E-state index is 2.76. The van der Waals surface area contributed by atoms with Crippen molar-refractivity contribution in [1.29, 1.82) is 0 Å². The number of nitrogens with zero attached hydrogens (tertiary/aromatic N) is 5. The van der Waals surface area contributed by atoms with Gasteiger partial charge in [0, 0.05) is 94.4 Å². The SMILES string of the molecule is CC(C)(C)c1ccc(-c2cccc(-c3ccc(C(C)(C)C)cc3)c2N2c3cc(-n4c5ccccc5c5ccccc54)ccc3B3c4ccc(-n5c6ccccc6c6ccc7c(c8ccccc8n7-c7ccccc7)c65)cc4N(c4c(-c5ccc(C(C)(C)C)cc5)cccc4-c4ccc(C(C)(C)C)cc4)c4cc(C(C)(C)C)cc2c43)cc1. The number of aromatic nitrogens is 3. The van der Waals surface area contributed by atoms with Crippen LogP contribution in [0.2, 0.25) is 0 Å². The van der Waals surface area contributed by atoms with Crippen LogP contribution >= 0.6 is 0 Å². The summed E-state index contributed by atoms with van der Waals surface area (Å²) in [4.78, 5) is 5.50. The van der Waals surface area contributed by atoms with E-state index in [-0.39, 0.29) is 33.8 Å². The van der Waals surface area contributed by atoms with Crippen molar-refractivity contribution in [1.82, 2.24) is 13.7 Å². The summed E-state index contributed by atoms with van der Waals surface area (Å²) in [6.07, 6.45) is 0. The maximum absolute atomic E-state index is 2.76. The summed E-state index contributed by atoms with van der Waals surface area (Å²) in [6, 6.07) is 124. The van der Waals surface area contributed by atoms with Crippen molar-refractivity contribution in [3.8, 4) is 61.6 Å². The fourth-order valence-corrected chi connectivity index (χ4v) is 19.1. The summed E-state index contributed by atoms with van der Waals surface area (Å²) in [5.41, 5.74) is 35.8. The summed E-state index contributed by atoms with van der Waals surface area (Å²) < 4.78 is 7.59. The van der Waals surface area contributed by atoms with Gasteiger partial charge in [0.1, 0.15) is 0 Å². The zero-order valence-electron chi connectivity index (χ0n) is 69.4. The van der Waals surface area contributed by atoms with E-state index in [4.69, 9.17) is 0 Å². The highest BCUT2D eigenvalue weighted by molar-refractivity contribution is 7.00. The molecule has 0 aliphatic carbocycles. The van der Waals surface area contributed by atoms with Gasteiger partial charge in [0.2, 0.25) is 0 Å². The van der Waals surface area contributed by atoms with Gasteiger partial charge in [0.25, 0.3) is 6.71 Å². The van der Waals surface area contributed by atoms with Crippen LogP contribution in [0.5, 0.6) is 0 Å². The molecule has 20 rings (SSSR count). The Morgan fingerprint density at radius 1 is 0.224 bits per heavy atom. The Labute approximate surface area is 683 Å². The summed E-state index contributed by atoms with van der Waals surface area (Å²) >= 11 is 0. The van der Waals surface area contributed by atoms with Crippen molar-refractivity contribution in [2.45, 2.75) is 131 Å². The molecule has 0 spiro atoms. The molecule has 2 aliphatic rings. The number of hydrogen-bond donors (Lipinski definition) is 0. The molecule has 0 amide bonds. The van der Waals surface area contributed by atoms with Crippen LogP contribution in [0.25, 0.3) is 127 Å². The lowest BCUT2D eigenvalue weighted by Gasteiger charge is -2.46.